The molecule has 0 aliphatic rings. The van der Waals surface area contributed by atoms with Crippen molar-refractivity contribution in [2.24, 2.45) is 0 Å². The highest BCUT2D eigenvalue weighted by Crippen LogP contribution is 2.37. The van der Waals surface area contributed by atoms with Crippen LogP contribution < -0.4 is 0 Å². The average molecular weight is 391 g/mol. The van der Waals surface area contributed by atoms with Gasteiger partial charge in [-0.3, -0.25) is 0 Å². The topological polar surface area (TPSA) is 60.2 Å². The van der Waals surface area contributed by atoms with Gasteiger partial charge in [-0.2, -0.15) is 4.98 Å². The maximum absolute atomic E-state index is 13.2. The highest BCUT2D eigenvalue weighted by molar-refractivity contribution is 8.00. The molecule has 0 aliphatic heterocycles. The third-order valence-corrected chi connectivity index (χ3v) is 6.88. The van der Waals surface area contributed by atoms with Gasteiger partial charge in [-0.15, -0.1) is 0 Å². The molecule has 136 valence electrons. The molecular weight excluding hydrogens is 373 g/mol. The van der Waals surface area contributed by atoms with Crippen molar-refractivity contribution in [1.29, 1.82) is 0 Å². The lowest BCUT2D eigenvalue weighted by Gasteiger charge is -2.07. The zero-order valence-corrected chi connectivity index (χ0v) is 16.0. The van der Waals surface area contributed by atoms with Gasteiger partial charge in [-0.25, -0.2) is 12.8 Å². The van der Waals surface area contributed by atoms with Crippen LogP contribution in [0.1, 0.15) is 20.3 Å². The number of hydrogen-bond acceptors (Lipinski definition) is 5. The molecule has 0 bridgehead atoms. The monoisotopic (exact) mass is 391 g/mol. The first kappa shape index (κ1) is 18.7. The summed E-state index contributed by atoms with van der Waals surface area (Å²) in [5, 5.41) is 0.282. The maximum atomic E-state index is 13.2. The first-order chi connectivity index (χ1) is 12.4. The Morgan fingerprint density at radius 3 is 2.38 bits per heavy atom. The van der Waals surface area contributed by atoms with Gasteiger partial charge in [0.05, 0.1) is 4.90 Å². The van der Waals surface area contributed by atoms with E-state index in [0.717, 1.165) is 18.6 Å². The maximum Gasteiger partial charge on any atom is 0.228 e. The largest absolute Gasteiger partial charge is 0.428 e. The third kappa shape index (κ3) is 3.83. The second kappa shape index (κ2) is 7.63. The van der Waals surface area contributed by atoms with Crippen LogP contribution in [0.5, 0.6) is 0 Å². The second-order valence-corrected chi connectivity index (χ2v) is 9.05. The molecule has 0 saturated carbocycles. The Bertz CT molecular complexity index is 983. The van der Waals surface area contributed by atoms with E-state index in [1.165, 1.54) is 23.9 Å². The van der Waals surface area contributed by atoms with E-state index < -0.39 is 15.7 Å². The molecule has 7 heteroatoms. The Hall–Kier alpha value is -2.12. The van der Waals surface area contributed by atoms with Crippen LogP contribution in [-0.2, 0) is 9.84 Å². The molecule has 1 heterocycles. The lowest BCUT2D eigenvalue weighted by molar-refractivity contribution is 0.469. The van der Waals surface area contributed by atoms with Gasteiger partial charge in [0.25, 0.3) is 0 Å². The Kier molecular flexibility index (Phi) is 5.48. The van der Waals surface area contributed by atoms with Crippen LogP contribution in [0, 0.1) is 5.82 Å². The van der Waals surface area contributed by atoms with Crippen LogP contribution in [0.3, 0.4) is 0 Å². The van der Waals surface area contributed by atoms with E-state index in [4.69, 9.17) is 4.42 Å². The van der Waals surface area contributed by atoms with Gasteiger partial charge < -0.3 is 4.42 Å². The number of nitrogens with zero attached hydrogens (tertiary/aromatic N) is 1. The lowest BCUT2D eigenvalue weighted by atomic mass is 10.2. The highest BCUT2D eigenvalue weighted by atomic mass is 32.2. The van der Waals surface area contributed by atoms with E-state index in [9.17, 15) is 12.8 Å². The first-order valence-corrected chi connectivity index (χ1v) is 10.5. The Balaban J connectivity index is 2.12. The van der Waals surface area contributed by atoms with Crippen molar-refractivity contribution in [2.75, 3.05) is 0 Å². The first-order valence-electron chi connectivity index (χ1n) is 8.15. The highest BCUT2D eigenvalue weighted by Gasteiger charge is 2.29. The van der Waals surface area contributed by atoms with Crippen molar-refractivity contribution in [3.63, 3.8) is 0 Å². The van der Waals surface area contributed by atoms with Crippen LogP contribution in [0.2, 0.25) is 0 Å². The summed E-state index contributed by atoms with van der Waals surface area (Å²) >= 11 is 1.33. The average Bonchev–Trinajstić information content (AvgIpc) is 3.07. The molecule has 2 aromatic carbocycles. The minimum Gasteiger partial charge on any atom is -0.428 e. The summed E-state index contributed by atoms with van der Waals surface area (Å²) in [6, 6.07) is 13.8. The summed E-state index contributed by atoms with van der Waals surface area (Å²) in [5.74, 6) is -0.250. The third-order valence-electron chi connectivity index (χ3n) is 3.85. The summed E-state index contributed by atoms with van der Waals surface area (Å²) in [6.07, 6.45) is 0.849. The minimum absolute atomic E-state index is 0.0159. The van der Waals surface area contributed by atoms with Crippen molar-refractivity contribution >= 4 is 21.6 Å². The molecule has 0 N–H and O–H groups in total. The van der Waals surface area contributed by atoms with E-state index in [1.807, 2.05) is 32.0 Å². The zero-order chi connectivity index (χ0) is 18.7. The number of oxazole rings is 1. The molecule has 3 aromatic rings. The number of rotatable bonds is 6. The number of aromatic nitrogens is 1. The molecule has 0 spiro atoms. The standard InChI is InChI=1S/C19H18FNO3S2/c1-3-13(2)25-19-18(21-17(24-19)14-7-5-4-6-8-14)26(22,23)16-11-9-15(20)10-12-16/h4-13H,3H2,1-2H3. The molecule has 1 unspecified atom stereocenters. The number of sulfone groups is 1. The van der Waals surface area contributed by atoms with Crippen LogP contribution in [0.4, 0.5) is 4.39 Å². The smallest absolute Gasteiger partial charge is 0.228 e. The van der Waals surface area contributed by atoms with E-state index in [1.54, 1.807) is 12.1 Å². The van der Waals surface area contributed by atoms with Gasteiger partial charge in [-0.05, 0) is 42.8 Å². The quantitative estimate of drug-likeness (QED) is 0.427. The van der Waals surface area contributed by atoms with E-state index in [0.29, 0.717) is 5.56 Å². The molecule has 0 fully saturated rings. The van der Waals surface area contributed by atoms with E-state index in [-0.39, 0.29) is 26.2 Å². The minimum atomic E-state index is -3.92. The number of benzene rings is 2. The summed E-state index contributed by atoms with van der Waals surface area (Å²) < 4.78 is 45.0. The Morgan fingerprint density at radius 1 is 1.12 bits per heavy atom. The van der Waals surface area contributed by atoms with Gasteiger partial charge in [0.1, 0.15) is 5.82 Å². The molecular formula is C19H18FNO3S2. The van der Waals surface area contributed by atoms with Gasteiger partial charge in [0, 0.05) is 10.8 Å². The van der Waals surface area contributed by atoms with Crippen molar-refractivity contribution in [3.05, 3.63) is 60.4 Å². The Morgan fingerprint density at radius 2 is 1.77 bits per heavy atom. The predicted molar refractivity (Wildman–Crippen MR) is 99.4 cm³/mol. The lowest BCUT2D eigenvalue weighted by Crippen LogP contribution is -2.05. The SMILES string of the molecule is CCC(C)Sc1oc(-c2ccccc2)nc1S(=O)(=O)c1ccc(F)cc1. The fourth-order valence-electron chi connectivity index (χ4n) is 2.23. The molecule has 0 aliphatic carbocycles. The molecule has 0 amide bonds. The van der Waals surface area contributed by atoms with E-state index >= 15 is 0 Å². The molecule has 0 radical (unpaired) electrons. The number of halogens is 1. The van der Waals surface area contributed by atoms with Gasteiger partial charge in [-0.1, -0.05) is 43.8 Å². The van der Waals surface area contributed by atoms with E-state index in [2.05, 4.69) is 4.98 Å². The molecule has 4 nitrogen and oxygen atoms in total. The van der Waals surface area contributed by atoms with Gasteiger partial charge >= 0.3 is 0 Å². The summed E-state index contributed by atoms with van der Waals surface area (Å²) in [6.45, 7) is 4.00. The molecule has 3 rings (SSSR count). The fraction of sp³-hybridized carbons (Fsp3) is 0.211. The Labute approximate surface area is 156 Å². The zero-order valence-electron chi connectivity index (χ0n) is 14.3. The van der Waals surface area contributed by atoms with Gasteiger partial charge in [0.2, 0.25) is 25.8 Å². The van der Waals surface area contributed by atoms with Crippen molar-refractivity contribution in [1.82, 2.24) is 4.98 Å². The summed E-state index contributed by atoms with van der Waals surface area (Å²) in [4.78, 5) is 4.25. The molecule has 1 atom stereocenters. The predicted octanol–water partition coefficient (Wildman–Crippen LogP) is 5.20. The van der Waals surface area contributed by atoms with Crippen molar-refractivity contribution in [3.8, 4) is 11.5 Å². The second-order valence-electron chi connectivity index (χ2n) is 5.77. The number of thioether (sulfide) groups is 1. The molecule has 1 aromatic heterocycles. The van der Waals surface area contributed by atoms with Crippen LogP contribution in [0.15, 0.2) is 74.0 Å². The van der Waals surface area contributed by atoms with Crippen molar-refractivity contribution < 1.29 is 17.2 Å². The van der Waals surface area contributed by atoms with Crippen LogP contribution in [-0.4, -0.2) is 18.7 Å². The van der Waals surface area contributed by atoms with Crippen LogP contribution in [0.25, 0.3) is 11.5 Å². The van der Waals surface area contributed by atoms with Gasteiger partial charge in [0.15, 0.2) is 0 Å². The fourth-order valence-corrected chi connectivity index (χ4v) is 4.69. The normalized spacial score (nSPS) is 12.9. The van der Waals surface area contributed by atoms with Crippen molar-refractivity contribution in [2.45, 2.75) is 40.5 Å². The summed E-state index contributed by atoms with van der Waals surface area (Å²) in [7, 11) is -3.92. The number of hydrogen-bond donors (Lipinski definition) is 0. The molecule has 26 heavy (non-hydrogen) atoms. The summed E-state index contributed by atoms with van der Waals surface area (Å²) in [5.41, 5.74) is 0.694. The molecule has 0 saturated heterocycles. The van der Waals surface area contributed by atoms with Crippen LogP contribution >= 0.6 is 11.8 Å².